The Hall–Kier alpha value is -1.16. The van der Waals surface area contributed by atoms with Crippen LogP contribution in [-0.4, -0.2) is 37.9 Å². The summed E-state index contributed by atoms with van der Waals surface area (Å²) in [7, 11) is -7.73. The molecule has 0 amide bonds. The second-order valence-electron chi connectivity index (χ2n) is 4.22. The largest absolute Gasteiger partial charge is 0.507 e. The smallest absolute Gasteiger partial charge is 0.269 e. The number of hydrogen-bond acceptors (Lipinski definition) is 6. The molecule has 0 aliphatic rings. The molecule has 1 aromatic carbocycles. The minimum Gasteiger partial charge on any atom is -0.507 e. The van der Waals surface area contributed by atoms with E-state index in [0.29, 0.717) is 0 Å². The highest BCUT2D eigenvalue weighted by Gasteiger charge is 2.16. The number of aliphatic hydroxyl groups is 1. The Morgan fingerprint density at radius 1 is 1.05 bits per heavy atom. The highest BCUT2D eigenvalue weighted by atomic mass is 32.2. The van der Waals surface area contributed by atoms with Crippen molar-refractivity contribution in [3.05, 3.63) is 28.8 Å². The molecular formula is C10H14O7S2. The first-order valence-electron chi connectivity index (χ1n) is 5.09. The van der Waals surface area contributed by atoms with E-state index in [2.05, 4.69) is 0 Å². The molecule has 0 atom stereocenters. The lowest BCUT2D eigenvalue weighted by Crippen LogP contribution is -2.06. The molecule has 1 aromatic rings. The molecule has 0 aliphatic heterocycles. The van der Waals surface area contributed by atoms with Crippen LogP contribution in [0.1, 0.15) is 16.7 Å². The molecule has 0 fully saturated rings. The minimum atomic E-state index is -4.29. The third-order valence-corrected chi connectivity index (χ3v) is 3.80. The van der Waals surface area contributed by atoms with E-state index in [1.807, 2.05) is 0 Å². The monoisotopic (exact) mass is 310 g/mol. The topological polar surface area (TPSA) is 129 Å². The predicted octanol–water partition coefficient (Wildman–Crippen LogP) is -0.183. The van der Waals surface area contributed by atoms with E-state index in [1.54, 1.807) is 0 Å². The van der Waals surface area contributed by atoms with Gasteiger partial charge in [-0.2, -0.15) is 8.42 Å². The Balaban J connectivity index is 3.34. The number of sulfone groups is 1. The number of aliphatic hydroxyl groups excluding tert-OH is 1. The Bertz CT molecular complexity index is 674. The van der Waals surface area contributed by atoms with E-state index in [1.165, 1.54) is 12.1 Å². The summed E-state index contributed by atoms with van der Waals surface area (Å²) < 4.78 is 52.8. The van der Waals surface area contributed by atoms with Gasteiger partial charge in [-0.15, -0.1) is 0 Å². The van der Waals surface area contributed by atoms with Gasteiger partial charge < -0.3 is 10.2 Å². The Labute approximate surface area is 111 Å². The van der Waals surface area contributed by atoms with Crippen molar-refractivity contribution in [2.75, 3.05) is 6.26 Å². The third-order valence-electron chi connectivity index (χ3n) is 2.26. The molecule has 0 aromatic heterocycles. The summed E-state index contributed by atoms with van der Waals surface area (Å²) in [5.41, 5.74) is 0.0653. The summed E-state index contributed by atoms with van der Waals surface area (Å²) in [6, 6.07) is 2.36. The van der Waals surface area contributed by atoms with Crippen molar-refractivity contribution in [1.29, 1.82) is 0 Å². The highest BCUT2D eigenvalue weighted by Crippen LogP contribution is 2.27. The van der Waals surface area contributed by atoms with Gasteiger partial charge in [-0.25, -0.2) is 8.42 Å². The van der Waals surface area contributed by atoms with Crippen LogP contribution in [0.2, 0.25) is 0 Å². The van der Waals surface area contributed by atoms with Gasteiger partial charge in [0.25, 0.3) is 10.1 Å². The second-order valence-corrected chi connectivity index (χ2v) is 7.81. The molecule has 19 heavy (non-hydrogen) atoms. The first-order chi connectivity index (χ1) is 8.52. The zero-order chi connectivity index (χ0) is 14.8. The van der Waals surface area contributed by atoms with Gasteiger partial charge >= 0.3 is 0 Å². The van der Waals surface area contributed by atoms with Crippen LogP contribution >= 0.6 is 0 Å². The van der Waals surface area contributed by atoms with Gasteiger partial charge in [0.05, 0.1) is 12.4 Å². The van der Waals surface area contributed by atoms with Gasteiger partial charge in [0.15, 0.2) is 9.84 Å². The Kier molecular flexibility index (Phi) is 4.56. The molecule has 1 rings (SSSR count). The first-order valence-corrected chi connectivity index (χ1v) is 8.76. The van der Waals surface area contributed by atoms with Crippen molar-refractivity contribution in [2.24, 2.45) is 0 Å². The standard InChI is InChI=1S/C10H14O7S2/c1-18(13,14)6-9-3-7(5-19(15,16)17)2-8(4-11)10(9)12/h2-3,11-12H,4-6H2,1H3,(H,15,16,17). The Morgan fingerprint density at radius 3 is 2.00 bits per heavy atom. The molecule has 9 heteroatoms. The molecule has 7 nitrogen and oxygen atoms in total. The van der Waals surface area contributed by atoms with E-state index < -0.39 is 43.8 Å². The summed E-state index contributed by atoms with van der Waals surface area (Å²) in [5, 5.41) is 18.8. The number of phenols is 1. The number of aromatic hydroxyl groups is 1. The maximum atomic E-state index is 11.2. The lowest BCUT2D eigenvalue weighted by molar-refractivity contribution is 0.275. The molecule has 0 heterocycles. The molecule has 3 N–H and O–H groups in total. The molecule has 0 saturated heterocycles. The lowest BCUT2D eigenvalue weighted by atomic mass is 10.1. The molecule has 0 spiro atoms. The van der Waals surface area contributed by atoms with Crippen molar-refractivity contribution >= 4 is 20.0 Å². The third kappa shape index (κ3) is 5.15. The van der Waals surface area contributed by atoms with Gasteiger partial charge in [0.2, 0.25) is 0 Å². The zero-order valence-corrected chi connectivity index (χ0v) is 11.7. The molecule has 0 bridgehead atoms. The minimum absolute atomic E-state index is 0.000185. The van der Waals surface area contributed by atoms with Crippen LogP contribution in [0.3, 0.4) is 0 Å². The fourth-order valence-corrected chi connectivity index (χ4v) is 3.01. The van der Waals surface area contributed by atoms with Gasteiger partial charge in [-0.1, -0.05) is 0 Å². The van der Waals surface area contributed by atoms with Crippen molar-refractivity contribution < 1.29 is 31.6 Å². The maximum absolute atomic E-state index is 11.2. The van der Waals surface area contributed by atoms with Gasteiger partial charge in [0, 0.05) is 17.4 Å². The zero-order valence-electron chi connectivity index (χ0n) is 10.1. The second kappa shape index (κ2) is 5.45. The molecule has 0 radical (unpaired) electrons. The van der Waals surface area contributed by atoms with Crippen LogP contribution in [0.5, 0.6) is 5.75 Å². The van der Waals surface area contributed by atoms with Crippen LogP contribution < -0.4 is 0 Å². The van der Waals surface area contributed by atoms with Crippen molar-refractivity contribution in [3.8, 4) is 5.75 Å². The van der Waals surface area contributed by atoms with E-state index in [0.717, 1.165) is 6.26 Å². The summed E-state index contributed by atoms with van der Waals surface area (Å²) in [4.78, 5) is 0. The van der Waals surface area contributed by atoms with Crippen molar-refractivity contribution in [2.45, 2.75) is 18.1 Å². The number of benzene rings is 1. The number of hydrogen-bond donors (Lipinski definition) is 3. The van der Waals surface area contributed by atoms with E-state index in [4.69, 9.17) is 9.66 Å². The van der Waals surface area contributed by atoms with Crippen molar-refractivity contribution in [3.63, 3.8) is 0 Å². The van der Waals surface area contributed by atoms with Gasteiger partial charge in [-0.05, 0) is 17.7 Å². The first kappa shape index (κ1) is 15.9. The average Bonchev–Trinajstić information content (AvgIpc) is 2.18. The van der Waals surface area contributed by atoms with Crippen LogP contribution in [0.4, 0.5) is 0 Å². The van der Waals surface area contributed by atoms with Crippen LogP contribution in [0.15, 0.2) is 12.1 Å². The summed E-state index contributed by atoms with van der Waals surface area (Å²) in [6.07, 6.45) is 0.959. The fourth-order valence-electron chi connectivity index (χ4n) is 1.64. The average molecular weight is 310 g/mol. The van der Waals surface area contributed by atoms with E-state index in [-0.39, 0.29) is 16.7 Å². The summed E-state index contributed by atoms with van der Waals surface area (Å²) in [6.45, 7) is -0.581. The number of rotatable bonds is 5. The molecule has 0 aliphatic carbocycles. The normalized spacial score (nSPS) is 12.6. The molecular weight excluding hydrogens is 296 g/mol. The highest BCUT2D eigenvalue weighted by molar-refractivity contribution is 7.89. The predicted molar refractivity (Wildman–Crippen MR) is 67.8 cm³/mol. The molecule has 0 saturated carbocycles. The fraction of sp³-hybridized carbons (Fsp3) is 0.400. The van der Waals surface area contributed by atoms with Crippen LogP contribution in [-0.2, 0) is 38.1 Å². The quantitative estimate of drug-likeness (QED) is 0.643. The molecule has 108 valence electrons. The van der Waals surface area contributed by atoms with Gasteiger partial charge in [-0.3, -0.25) is 4.55 Å². The molecule has 0 unspecified atom stereocenters. The summed E-state index contributed by atoms with van der Waals surface area (Å²) >= 11 is 0. The van der Waals surface area contributed by atoms with Crippen LogP contribution in [0, 0.1) is 0 Å². The summed E-state index contributed by atoms with van der Waals surface area (Å²) in [5.74, 6) is -1.62. The maximum Gasteiger partial charge on any atom is 0.269 e. The van der Waals surface area contributed by atoms with Gasteiger partial charge in [0.1, 0.15) is 11.5 Å². The van der Waals surface area contributed by atoms with E-state index in [9.17, 15) is 21.9 Å². The Morgan fingerprint density at radius 2 is 1.58 bits per heavy atom. The SMILES string of the molecule is CS(=O)(=O)Cc1cc(CS(=O)(=O)O)cc(CO)c1O. The van der Waals surface area contributed by atoms with E-state index >= 15 is 0 Å². The van der Waals surface area contributed by atoms with Crippen molar-refractivity contribution in [1.82, 2.24) is 0 Å². The lowest BCUT2D eigenvalue weighted by Gasteiger charge is -2.10. The van der Waals surface area contributed by atoms with Crippen LogP contribution in [0.25, 0.3) is 0 Å².